The van der Waals surface area contributed by atoms with Crippen LogP contribution >= 0.6 is 0 Å². The van der Waals surface area contributed by atoms with Crippen molar-refractivity contribution in [1.29, 1.82) is 0 Å². The number of piperidine rings is 1. The van der Waals surface area contributed by atoms with E-state index < -0.39 is 0 Å². The molecular formula is C31H42N2O2. The zero-order valence-corrected chi connectivity index (χ0v) is 21.1. The summed E-state index contributed by atoms with van der Waals surface area (Å²) in [5, 5.41) is 13.7. The molecule has 0 spiro atoms. The minimum Gasteiger partial charge on any atom is -0.508 e. The van der Waals surface area contributed by atoms with Gasteiger partial charge in [0, 0.05) is 31.0 Å². The standard InChI is InChI=1S/C31H42N2O2/c34-29-12-7-11-26(20-29)31-18-19-33(22-25-14-15-25)23-27(31)16-17-28(21-31)32-30(35)13-6-2-5-10-24-8-3-1-4-9-24/h1,3-4,7-9,11-12,20,25,27-28,34H,2,5-6,10,13-19,21-23H2,(H,32,35)/t27-,28-,31+/m1/s1. The summed E-state index contributed by atoms with van der Waals surface area (Å²) in [4.78, 5) is 15.5. The molecule has 1 amide bonds. The summed E-state index contributed by atoms with van der Waals surface area (Å²) in [5.74, 6) is 2.10. The summed E-state index contributed by atoms with van der Waals surface area (Å²) in [6, 6.07) is 18.8. The van der Waals surface area contributed by atoms with Gasteiger partial charge >= 0.3 is 0 Å². The molecule has 3 fully saturated rings. The highest BCUT2D eigenvalue weighted by atomic mass is 16.3. The SMILES string of the molecule is O=C(CCCCCc1ccccc1)N[C@@H]1CC[C@@H]2CN(CC3CC3)CC[C@@]2(c2cccc(O)c2)C1. The van der Waals surface area contributed by atoms with Crippen LogP contribution in [-0.4, -0.2) is 41.6 Å². The molecule has 2 aliphatic carbocycles. The molecule has 0 aromatic heterocycles. The minimum absolute atomic E-state index is 0.0602. The molecule has 2 aromatic carbocycles. The second-order valence-electron chi connectivity index (χ2n) is 11.4. The summed E-state index contributed by atoms with van der Waals surface area (Å²) in [6.07, 6.45) is 12.1. The van der Waals surface area contributed by atoms with Crippen LogP contribution in [0.25, 0.3) is 0 Å². The Bertz CT molecular complexity index is 973. The molecule has 1 heterocycles. The maximum Gasteiger partial charge on any atom is 0.220 e. The molecule has 2 aromatic rings. The van der Waals surface area contributed by atoms with Crippen LogP contribution in [0.15, 0.2) is 54.6 Å². The molecule has 2 saturated carbocycles. The number of fused-ring (bicyclic) bond motifs is 1. The molecule has 35 heavy (non-hydrogen) atoms. The number of unbranched alkanes of at least 4 members (excludes halogenated alkanes) is 2. The highest BCUT2D eigenvalue weighted by molar-refractivity contribution is 5.76. The summed E-state index contributed by atoms with van der Waals surface area (Å²) in [7, 11) is 0. The molecule has 1 saturated heterocycles. The Balaban J connectivity index is 1.15. The van der Waals surface area contributed by atoms with E-state index in [2.05, 4.69) is 46.6 Å². The van der Waals surface area contributed by atoms with E-state index in [1.54, 1.807) is 6.07 Å². The fraction of sp³-hybridized carbons (Fsp3) is 0.581. The van der Waals surface area contributed by atoms with E-state index in [1.807, 2.05) is 12.1 Å². The maximum absolute atomic E-state index is 12.8. The van der Waals surface area contributed by atoms with Crippen molar-refractivity contribution in [2.24, 2.45) is 11.8 Å². The number of carbonyl (C=O) groups is 1. The van der Waals surface area contributed by atoms with Crippen molar-refractivity contribution in [3.05, 3.63) is 65.7 Å². The first-order valence-corrected chi connectivity index (χ1v) is 14.0. The molecule has 0 bridgehead atoms. The molecule has 4 heteroatoms. The molecule has 0 unspecified atom stereocenters. The number of carbonyl (C=O) groups excluding carboxylic acids is 1. The largest absolute Gasteiger partial charge is 0.508 e. The Morgan fingerprint density at radius 1 is 1.00 bits per heavy atom. The van der Waals surface area contributed by atoms with Crippen LogP contribution in [-0.2, 0) is 16.6 Å². The Kier molecular flexibility index (Phi) is 7.77. The lowest BCUT2D eigenvalue weighted by Crippen LogP contribution is -2.56. The first-order chi connectivity index (χ1) is 17.1. The number of aromatic hydroxyl groups is 1. The summed E-state index contributed by atoms with van der Waals surface area (Å²) >= 11 is 0. The van der Waals surface area contributed by atoms with Gasteiger partial charge in [0.05, 0.1) is 0 Å². The van der Waals surface area contributed by atoms with Gasteiger partial charge in [0.25, 0.3) is 0 Å². The van der Waals surface area contributed by atoms with Crippen molar-refractivity contribution in [3.8, 4) is 5.75 Å². The minimum atomic E-state index is 0.0602. The van der Waals surface area contributed by atoms with E-state index in [4.69, 9.17) is 0 Å². The average molecular weight is 475 g/mol. The van der Waals surface area contributed by atoms with E-state index in [1.165, 1.54) is 30.5 Å². The van der Waals surface area contributed by atoms with Crippen LogP contribution in [0.4, 0.5) is 0 Å². The number of hydrogen-bond donors (Lipinski definition) is 2. The van der Waals surface area contributed by atoms with Crippen molar-refractivity contribution in [2.75, 3.05) is 19.6 Å². The van der Waals surface area contributed by atoms with E-state index in [0.717, 1.165) is 70.4 Å². The molecule has 5 rings (SSSR count). The lowest BCUT2D eigenvalue weighted by Gasteiger charge is -2.53. The molecule has 188 valence electrons. The molecule has 3 atom stereocenters. The van der Waals surface area contributed by atoms with Gasteiger partial charge in [-0.15, -0.1) is 0 Å². The Morgan fingerprint density at radius 2 is 1.86 bits per heavy atom. The van der Waals surface area contributed by atoms with Crippen LogP contribution in [0.2, 0.25) is 0 Å². The number of nitrogens with one attached hydrogen (secondary N) is 1. The van der Waals surface area contributed by atoms with Gasteiger partial charge in [-0.3, -0.25) is 4.79 Å². The van der Waals surface area contributed by atoms with Crippen molar-refractivity contribution in [1.82, 2.24) is 10.2 Å². The van der Waals surface area contributed by atoms with Gasteiger partial charge in [0.15, 0.2) is 0 Å². The number of likely N-dealkylation sites (tertiary alicyclic amines) is 1. The average Bonchev–Trinajstić information content (AvgIpc) is 3.68. The number of amides is 1. The molecular weight excluding hydrogens is 432 g/mol. The van der Waals surface area contributed by atoms with Crippen LogP contribution in [0.3, 0.4) is 0 Å². The fourth-order valence-electron chi connectivity index (χ4n) is 6.72. The molecule has 3 aliphatic rings. The Hall–Kier alpha value is -2.33. The maximum atomic E-state index is 12.8. The van der Waals surface area contributed by atoms with Gasteiger partial charge in [-0.05, 0) is 99.4 Å². The second-order valence-corrected chi connectivity index (χ2v) is 11.4. The Labute approximate surface area is 211 Å². The van der Waals surface area contributed by atoms with Crippen molar-refractivity contribution in [2.45, 2.75) is 82.1 Å². The lowest BCUT2D eigenvalue weighted by atomic mass is 9.58. The first-order valence-electron chi connectivity index (χ1n) is 14.0. The third-order valence-electron chi connectivity index (χ3n) is 8.82. The van der Waals surface area contributed by atoms with E-state index in [9.17, 15) is 9.90 Å². The van der Waals surface area contributed by atoms with Crippen molar-refractivity contribution < 1.29 is 9.90 Å². The number of aryl methyl sites for hydroxylation is 1. The third kappa shape index (κ3) is 6.27. The van der Waals surface area contributed by atoms with E-state index in [0.29, 0.717) is 18.1 Å². The quantitative estimate of drug-likeness (QED) is 0.426. The zero-order chi connectivity index (χ0) is 24.1. The summed E-state index contributed by atoms with van der Waals surface area (Å²) in [5.41, 5.74) is 2.72. The fourth-order valence-corrected chi connectivity index (χ4v) is 6.72. The number of benzene rings is 2. The smallest absolute Gasteiger partial charge is 0.220 e. The number of phenols is 1. The second kappa shape index (κ2) is 11.2. The number of phenolic OH excluding ortho intramolecular Hbond substituents is 1. The topological polar surface area (TPSA) is 52.6 Å². The van der Waals surface area contributed by atoms with Gasteiger partial charge in [-0.1, -0.05) is 48.9 Å². The predicted molar refractivity (Wildman–Crippen MR) is 141 cm³/mol. The highest BCUT2D eigenvalue weighted by Gasteiger charge is 2.48. The van der Waals surface area contributed by atoms with Crippen LogP contribution in [0.1, 0.15) is 75.3 Å². The summed E-state index contributed by atoms with van der Waals surface area (Å²) in [6.45, 7) is 3.55. The van der Waals surface area contributed by atoms with Gasteiger partial charge in [-0.25, -0.2) is 0 Å². The molecule has 4 nitrogen and oxygen atoms in total. The summed E-state index contributed by atoms with van der Waals surface area (Å²) < 4.78 is 0. The van der Waals surface area contributed by atoms with E-state index in [-0.39, 0.29) is 17.4 Å². The molecule has 2 N–H and O–H groups in total. The van der Waals surface area contributed by atoms with Gasteiger partial charge in [0.2, 0.25) is 5.91 Å². The number of hydrogen-bond acceptors (Lipinski definition) is 3. The number of nitrogens with zero attached hydrogens (tertiary/aromatic N) is 1. The van der Waals surface area contributed by atoms with Gasteiger partial charge in [-0.2, -0.15) is 0 Å². The monoisotopic (exact) mass is 474 g/mol. The Morgan fingerprint density at radius 3 is 2.66 bits per heavy atom. The van der Waals surface area contributed by atoms with E-state index >= 15 is 0 Å². The molecule has 1 aliphatic heterocycles. The zero-order valence-electron chi connectivity index (χ0n) is 21.1. The third-order valence-corrected chi connectivity index (χ3v) is 8.82. The van der Waals surface area contributed by atoms with Crippen molar-refractivity contribution >= 4 is 5.91 Å². The van der Waals surface area contributed by atoms with Crippen molar-refractivity contribution in [3.63, 3.8) is 0 Å². The first kappa shape index (κ1) is 24.4. The lowest BCUT2D eigenvalue weighted by molar-refractivity contribution is -0.122. The molecule has 0 radical (unpaired) electrons. The van der Waals surface area contributed by atoms with Crippen LogP contribution in [0, 0.1) is 11.8 Å². The van der Waals surface area contributed by atoms with Crippen LogP contribution in [0.5, 0.6) is 5.75 Å². The van der Waals surface area contributed by atoms with Gasteiger partial charge in [0.1, 0.15) is 5.75 Å². The highest BCUT2D eigenvalue weighted by Crippen LogP contribution is 2.50. The number of rotatable bonds is 10. The predicted octanol–water partition coefficient (Wildman–Crippen LogP) is 5.83. The normalized spacial score (nSPS) is 26.7. The van der Waals surface area contributed by atoms with Gasteiger partial charge < -0.3 is 15.3 Å². The van der Waals surface area contributed by atoms with Crippen LogP contribution < -0.4 is 5.32 Å².